The van der Waals surface area contributed by atoms with Crippen molar-refractivity contribution < 1.29 is 9.53 Å². The van der Waals surface area contributed by atoms with Crippen LogP contribution >= 0.6 is 24.8 Å². The molecule has 3 rings (SSSR count). The topological polar surface area (TPSA) is 59.4 Å². The zero-order valence-electron chi connectivity index (χ0n) is 11.4. The molecule has 0 bridgehead atoms. The Labute approximate surface area is 135 Å². The van der Waals surface area contributed by atoms with E-state index in [-0.39, 0.29) is 37.3 Å². The number of amides is 1. The van der Waals surface area contributed by atoms with Gasteiger partial charge in [0.15, 0.2) is 0 Å². The largest absolute Gasteiger partial charge is 0.379 e. The number of hydrogen-bond acceptors (Lipinski definition) is 4. The van der Waals surface area contributed by atoms with Crippen LogP contribution in [0.1, 0.15) is 0 Å². The van der Waals surface area contributed by atoms with Gasteiger partial charge in [-0.05, 0) is 12.1 Å². The van der Waals surface area contributed by atoms with Crippen LogP contribution in [-0.2, 0) is 16.1 Å². The molecule has 2 heterocycles. The summed E-state index contributed by atoms with van der Waals surface area (Å²) in [6, 6.07) is 7.78. The standard InChI is InChI=1S/C13H16N4O2.2ClH/c18-13(15-17-5-7-19-8-6-17)9-16-10-14-11-3-1-2-4-12(11)16;;/h1-4,10H,5-9H2,(H,15,18);2*1H. The molecule has 116 valence electrons. The van der Waals surface area contributed by atoms with Crippen molar-refractivity contribution in [3.63, 3.8) is 0 Å². The van der Waals surface area contributed by atoms with Gasteiger partial charge in [0.1, 0.15) is 6.54 Å². The number of hydrazine groups is 1. The van der Waals surface area contributed by atoms with E-state index in [1.165, 1.54) is 0 Å². The van der Waals surface area contributed by atoms with Gasteiger partial charge in [-0.2, -0.15) is 0 Å². The molecular formula is C13H18Cl2N4O2. The van der Waals surface area contributed by atoms with E-state index in [0.29, 0.717) is 13.2 Å². The number of nitrogens with zero attached hydrogens (tertiary/aromatic N) is 3. The van der Waals surface area contributed by atoms with Crippen LogP contribution < -0.4 is 5.43 Å². The maximum absolute atomic E-state index is 12.0. The minimum atomic E-state index is -0.0370. The Morgan fingerprint density at radius 3 is 2.71 bits per heavy atom. The molecule has 0 atom stereocenters. The first kappa shape index (κ1) is 17.7. The zero-order valence-corrected chi connectivity index (χ0v) is 13.0. The first-order valence-electron chi connectivity index (χ1n) is 6.35. The lowest BCUT2D eigenvalue weighted by Gasteiger charge is -2.26. The maximum Gasteiger partial charge on any atom is 0.254 e. The number of carbonyl (C=O) groups excluding carboxylic acids is 1. The van der Waals surface area contributed by atoms with E-state index in [1.54, 1.807) is 6.33 Å². The molecule has 1 aliphatic rings. The SMILES string of the molecule is Cl.Cl.O=C(Cn1cnc2ccccc21)NN1CCOCC1. The smallest absolute Gasteiger partial charge is 0.254 e. The number of halogens is 2. The highest BCUT2D eigenvalue weighted by molar-refractivity contribution is 5.85. The first-order valence-corrected chi connectivity index (χ1v) is 6.35. The van der Waals surface area contributed by atoms with Crippen LogP contribution in [0.4, 0.5) is 0 Å². The molecule has 0 radical (unpaired) electrons. The van der Waals surface area contributed by atoms with Crippen molar-refractivity contribution in [2.75, 3.05) is 26.3 Å². The second-order valence-corrected chi connectivity index (χ2v) is 4.50. The average Bonchev–Trinajstić information content (AvgIpc) is 2.83. The van der Waals surface area contributed by atoms with Crippen LogP contribution in [-0.4, -0.2) is 46.8 Å². The highest BCUT2D eigenvalue weighted by Crippen LogP contribution is 2.11. The van der Waals surface area contributed by atoms with Gasteiger partial charge in [0.05, 0.1) is 30.6 Å². The number of ether oxygens (including phenoxy) is 1. The van der Waals surface area contributed by atoms with Crippen LogP contribution in [0.2, 0.25) is 0 Å². The third-order valence-corrected chi connectivity index (χ3v) is 3.14. The number of nitrogens with one attached hydrogen (secondary N) is 1. The van der Waals surface area contributed by atoms with Crippen LogP contribution in [0.3, 0.4) is 0 Å². The minimum absolute atomic E-state index is 0. The molecule has 2 aromatic rings. The third-order valence-electron chi connectivity index (χ3n) is 3.14. The molecule has 1 aliphatic heterocycles. The molecule has 0 unspecified atom stereocenters. The molecule has 0 saturated carbocycles. The molecule has 1 amide bonds. The van der Waals surface area contributed by atoms with E-state index >= 15 is 0 Å². The van der Waals surface area contributed by atoms with Gasteiger partial charge >= 0.3 is 0 Å². The number of para-hydroxylation sites is 2. The number of benzene rings is 1. The van der Waals surface area contributed by atoms with E-state index in [0.717, 1.165) is 24.1 Å². The van der Waals surface area contributed by atoms with Crippen molar-refractivity contribution in [1.29, 1.82) is 0 Å². The molecule has 8 heteroatoms. The number of fused-ring (bicyclic) bond motifs is 1. The summed E-state index contributed by atoms with van der Waals surface area (Å²) < 4.78 is 7.09. The first-order chi connectivity index (χ1) is 9.33. The number of carbonyl (C=O) groups is 1. The van der Waals surface area contributed by atoms with Crippen molar-refractivity contribution in [2.45, 2.75) is 6.54 Å². The predicted molar refractivity (Wildman–Crippen MR) is 84.8 cm³/mol. The van der Waals surface area contributed by atoms with Gasteiger partial charge in [-0.3, -0.25) is 10.2 Å². The Balaban J connectivity index is 0.00000110. The van der Waals surface area contributed by atoms with E-state index in [2.05, 4.69) is 10.4 Å². The Morgan fingerprint density at radius 2 is 1.95 bits per heavy atom. The fraction of sp³-hybridized carbons (Fsp3) is 0.385. The second kappa shape index (κ2) is 8.19. The van der Waals surface area contributed by atoms with Gasteiger partial charge in [0, 0.05) is 13.1 Å². The summed E-state index contributed by atoms with van der Waals surface area (Å²) in [6.07, 6.45) is 1.70. The average molecular weight is 333 g/mol. The van der Waals surface area contributed by atoms with E-state index in [1.807, 2.05) is 33.8 Å². The van der Waals surface area contributed by atoms with Crippen molar-refractivity contribution in [1.82, 2.24) is 20.0 Å². The van der Waals surface area contributed by atoms with Crippen molar-refractivity contribution in [3.8, 4) is 0 Å². The lowest BCUT2D eigenvalue weighted by molar-refractivity contribution is -0.128. The van der Waals surface area contributed by atoms with Gasteiger partial charge in [-0.1, -0.05) is 12.1 Å². The molecule has 1 N–H and O–H groups in total. The lowest BCUT2D eigenvalue weighted by Crippen LogP contribution is -2.49. The molecule has 1 aromatic carbocycles. The summed E-state index contributed by atoms with van der Waals surface area (Å²) in [7, 11) is 0. The number of morpholine rings is 1. The highest BCUT2D eigenvalue weighted by atomic mass is 35.5. The van der Waals surface area contributed by atoms with Gasteiger partial charge in [-0.25, -0.2) is 9.99 Å². The fourth-order valence-corrected chi connectivity index (χ4v) is 2.18. The Kier molecular flexibility index (Phi) is 6.91. The van der Waals surface area contributed by atoms with Crippen molar-refractivity contribution >= 4 is 41.8 Å². The molecule has 1 aromatic heterocycles. The minimum Gasteiger partial charge on any atom is -0.379 e. The summed E-state index contributed by atoms with van der Waals surface area (Å²) in [5, 5.41) is 1.89. The van der Waals surface area contributed by atoms with Crippen LogP contribution in [0.25, 0.3) is 11.0 Å². The molecule has 1 saturated heterocycles. The number of rotatable bonds is 3. The summed E-state index contributed by atoms with van der Waals surface area (Å²) in [4.78, 5) is 16.2. The van der Waals surface area contributed by atoms with Gasteiger partial charge < -0.3 is 9.30 Å². The molecule has 0 spiro atoms. The van der Waals surface area contributed by atoms with Gasteiger partial charge in [0.25, 0.3) is 5.91 Å². The molecule has 21 heavy (non-hydrogen) atoms. The molecule has 0 aliphatic carbocycles. The Hall–Kier alpha value is -1.34. The van der Waals surface area contributed by atoms with Gasteiger partial charge in [-0.15, -0.1) is 24.8 Å². The monoisotopic (exact) mass is 332 g/mol. The lowest BCUT2D eigenvalue weighted by atomic mass is 10.3. The highest BCUT2D eigenvalue weighted by Gasteiger charge is 2.13. The van der Waals surface area contributed by atoms with Gasteiger partial charge in [0.2, 0.25) is 0 Å². The van der Waals surface area contributed by atoms with E-state index < -0.39 is 0 Å². The summed E-state index contributed by atoms with van der Waals surface area (Å²) in [5.41, 5.74) is 4.76. The van der Waals surface area contributed by atoms with Crippen LogP contribution in [0.5, 0.6) is 0 Å². The van der Waals surface area contributed by atoms with Crippen molar-refractivity contribution in [3.05, 3.63) is 30.6 Å². The quantitative estimate of drug-likeness (QED) is 0.918. The summed E-state index contributed by atoms with van der Waals surface area (Å²) in [6.45, 7) is 3.06. The zero-order chi connectivity index (χ0) is 13.1. The van der Waals surface area contributed by atoms with Crippen LogP contribution in [0, 0.1) is 0 Å². The van der Waals surface area contributed by atoms with E-state index in [4.69, 9.17) is 4.74 Å². The Morgan fingerprint density at radius 1 is 1.24 bits per heavy atom. The molecular weight excluding hydrogens is 315 g/mol. The maximum atomic E-state index is 12.0. The Bertz CT molecular complexity index is 584. The number of imidazole rings is 1. The normalized spacial score (nSPS) is 15.0. The molecule has 6 nitrogen and oxygen atoms in total. The van der Waals surface area contributed by atoms with E-state index in [9.17, 15) is 4.79 Å². The molecule has 1 fully saturated rings. The second-order valence-electron chi connectivity index (χ2n) is 4.50. The third kappa shape index (κ3) is 4.31. The predicted octanol–water partition coefficient (Wildman–Crippen LogP) is 1.24. The van der Waals surface area contributed by atoms with Crippen LogP contribution in [0.15, 0.2) is 30.6 Å². The van der Waals surface area contributed by atoms with Crippen molar-refractivity contribution in [2.24, 2.45) is 0 Å². The number of hydrogen-bond donors (Lipinski definition) is 1. The number of aromatic nitrogens is 2. The summed E-state index contributed by atoms with van der Waals surface area (Å²) in [5.74, 6) is -0.0370. The summed E-state index contributed by atoms with van der Waals surface area (Å²) >= 11 is 0. The fourth-order valence-electron chi connectivity index (χ4n) is 2.18.